The highest BCUT2D eigenvalue weighted by molar-refractivity contribution is 5.85. The van der Waals surface area contributed by atoms with Gasteiger partial charge in [-0.15, -0.1) is 12.4 Å². The van der Waals surface area contributed by atoms with Gasteiger partial charge >= 0.3 is 0 Å². The molecule has 0 aliphatic heterocycles. The standard InChI is InChI=1S/C15H19NO.ClH/c1-3-12(2)16-11-14-9-10-15(17-14)13-7-5-4-6-8-13;/h4-10,12,16H,3,11H2,1-2H3;1H. The van der Waals surface area contributed by atoms with Crippen molar-refractivity contribution >= 4 is 12.4 Å². The van der Waals surface area contributed by atoms with Crippen molar-refractivity contribution in [1.29, 1.82) is 0 Å². The van der Waals surface area contributed by atoms with Crippen LogP contribution in [-0.2, 0) is 6.54 Å². The van der Waals surface area contributed by atoms with Crippen LogP contribution in [0.1, 0.15) is 26.0 Å². The largest absolute Gasteiger partial charge is 0.460 e. The quantitative estimate of drug-likeness (QED) is 0.874. The summed E-state index contributed by atoms with van der Waals surface area (Å²) in [6, 6.07) is 14.8. The van der Waals surface area contributed by atoms with Gasteiger partial charge in [0.1, 0.15) is 11.5 Å². The summed E-state index contributed by atoms with van der Waals surface area (Å²) < 4.78 is 5.80. The zero-order valence-electron chi connectivity index (χ0n) is 10.8. The van der Waals surface area contributed by atoms with Gasteiger partial charge in [0, 0.05) is 11.6 Å². The fraction of sp³-hybridized carbons (Fsp3) is 0.333. The highest BCUT2D eigenvalue weighted by atomic mass is 35.5. The number of hydrogen-bond donors (Lipinski definition) is 1. The third-order valence-electron chi connectivity index (χ3n) is 2.96. The minimum absolute atomic E-state index is 0. The molecule has 0 radical (unpaired) electrons. The van der Waals surface area contributed by atoms with Crippen LogP contribution in [0.2, 0.25) is 0 Å². The summed E-state index contributed by atoms with van der Waals surface area (Å²) in [7, 11) is 0. The van der Waals surface area contributed by atoms with Gasteiger partial charge in [-0.1, -0.05) is 37.3 Å². The van der Waals surface area contributed by atoms with E-state index in [2.05, 4.69) is 31.3 Å². The summed E-state index contributed by atoms with van der Waals surface area (Å²) in [5, 5.41) is 3.42. The number of hydrogen-bond acceptors (Lipinski definition) is 2. The molecule has 0 spiro atoms. The lowest BCUT2D eigenvalue weighted by Crippen LogP contribution is -2.24. The van der Waals surface area contributed by atoms with Gasteiger partial charge in [0.25, 0.3) is 0 Å². The molecular weight excluding hydrogens is 246 g/mol. The number of rotatable bonds is 5. The van der Waals surface area contributed by atoms with E-state index >= 15 is 0 Å². The Labute approximate surface area is 115 Å². The van der Waals surface area contributed by atoms with Crippen LogP contribution < -0.4 is 5.32 Å². The molecule has 1 atom stereocenters. The van der Waals surface area contributed by atoms with Crippen molar-refractivity contribution in [2.24, 2.45) is 0 Å². The van der Waals surface area contributed by atoms with Crippen molar-refractivity contribution in [1.82, 2.24) is 5.32 Å². The van der Waals surface area contributed by atoms with Crippen LogP contribution in [0.4, 0.5) is 0 Å². The summed E-state index contributed by atoms with van der Waals surface area (Å²) in [5.41, 5.74) is 1.13. The predicted octanol–water partition coefficient (Wildman–Crippen LogP) is 4.26. The molecule has 98 valence electrons. The fourth-order valence-corrected chi connectivity index (χ4v) is 1.65. The third-order valence-corrected chi connectivity index (χ3v) is 2.96. The Morgan fingerprint density at radius 3 is 2.50 bits per heavy atom. The van der Waals surface area contributed by atoms with Crippen molar-refractivity contribution in [3.63, 3.8) is 0 Å². The van der Waals surface area contributed by atoms with Gasteiger partial charge in [0.05, 0.1) is 6.54 Å². The molecule has 0 saturated heterocycles. The van der Waals surface area contributed by atoms with E-state index < -0.39 is 0 Å². The lowest BCUT2D eigenvalue weighted by molar-refractivity contribution is 0.457. The lowest BCUT2D eigenvalue weighted by atomic mass is 10.2. The summed E-state index contributed by atoms with van der Waals surface area (Å²) in [6.45, 7) is 5.15. The Bertz CT molecular complexity index is 453. The van der Waals surface area contributed by atoms with E-state index in [4.69, 9.17) is 4.42 Å². The van der Waals surface area contributed by atoms with Gasteiger partial charge in [-0.2, -0.15) is 0 Å². The topological polar surface area (TPSA) is 25.2 Å². The smallest absolute Gasteiger partial charge is 0.134 e. The van der Waals surface area contributed by atoms with Gasteiger partial charge in [-0.3, -0.25) is 0 Å². The number of furan rings is 1. The van der Waals surface area contributed by atoms with Crippen molar-refractivity contribution in [2.75, 3.05) is 0 Å². The van der Waals surface area contributed by atoms with E-state index in [0.29, 0.717) is 6.04 Å². The van der Waals surface area contributed by atoms with E-state index in [-0.39, 0.29) is 12.4 Å². The number of nitrogens with one attached hydrogen (secondary N) is 1. The molecule has 1 heterocycles. The molecule has 0 saturated carbocycles. The molecule has 18 heavy (non-hydrogen) atoms. The van der Waals surface area contributed by atoms with Crippen molar-refractivity contribution < 1.29 is 4.42 Å². The molecule has 2 nitrogen and oxygen atoms in total. The van der Waals surface area contributed by atoms with Crippen LogP contribution in [0.15, 0.2) is 46.9 Å². The second-order valence-corrected chi connectivity index (χ2v) is 4.32. The van der Waals surface area contributed by atoms with Crippen LogP contribution >= 0.6 is 12.4 Å². The Balaban J connectivity index is 0.00000162. The van der Waals surface area contributed by atoms with Crippen LogP contribution in [-0.4, -0.2) is 6.04 Å². The van der Waals surface area contributed by atoms with Crippen LogP contribution in [0.5, 0.6) is 0 Å². The van der Waals surface area contributed by atoms with Gasteiger partial charge < -0.3 is 9.73 Å². The molecule has 0 aliphatic rings. The van der Waals surface area contributed by atoms with Crippen molar-refractivity contribution in [2.45, 2.75) is 32.9 Å². The Kier molecular flexibility index (Phi) is 5.96. The number of benzene rings is 1. The molecule has 2 aromatic rings. The summed E-state index contributed by atoms with van der Waals surface area (Å²) in [5.74, 6) is 1.93. The van der Waals surface area contributed by atoms with Gasteiger partial charge in [-0.05, 0) is 25.5 Å². The van der Waals surface area contributed by atoms with Crippen molar-refractivity contribution in [3.8, 4) is 11.3 Å². The first-order valence-corrected chi connectivity index (χ1v) is 6.17. The molecule has 1 unspecified atom stereocenters. The maximum absolute atomic E-state index is 5.80. The molecule has 0 bridgehead atoms. The monoisotopic (exact) mass is 265 g/mol. The Hall–Kier alpha value is -1.25. The first-order chi connectivity index (χ1) is 8.29. The molecule has 0 amide bonds. The van der Waals surface area contributed by atoms with E-state index in [0.717, 1.165) is 30.0 Å². The normalized spacial score (nSPS) is 11.9. The van der Waals surface area contributed by atoms with Gasteiger partial charge in [0.2, 0.25) is 0 Å². The highest BCUT2D eigenvalue weighted by Crippen LogP contribution is 2.21. The van der Waals surface area contributed by atoms with E-state index in [1.807, 2.05) is 30.3 Å². The molecular formula is C15H20ClNO. The number of halogens is 1. The first kappa shape index (κ1) is 14.8. The molecule has 1 N–H and O–H groups in total. The third kappa shape index (κ3) is 3.90. The SMILES string of the molecule is CCC(C)NCc1ccc(-c2ccccc2)o1.Cl. The highest BCUT2D eigenvalue weighted by Gasteiger charge is 2.05. The molecule has 1 aromatic heterocycles. The minimum atomic E-state index is 0. The van der Waals surface area contributed by atoms with E-state index in [1.165, 1.54) is 0 Å². The predicted molar refractivity (Wildman–Crippen MR) is 78.0 cm³/mol. The first-order valence-electron chi connectivity index (χ1n) is 6.17. The molecule has 3 heteroatoms. The average molecular weight is 266 g/mol. The van der Waals surface area contributed by atoms with Crippen LogP contribution in [0.25, 0.3) is 11.3 Å². The van der Waals surface area contributed by atoms with Gasteiger partial charge in [0.15, 0.2) is 0 Å². The summed E-state index contributed by atoms with van der Waals surface area (Å²) in [6.07, 6.45) is 1.13. The van der Waals surface area contributed by atoms with Crippen LogP contribution in [0.3, 0.4) is 0 Å². The maximum atomic E-state index is 5.80. The summed E-state index contributed by atoms with van der Waals surface area (Å²) in [4.78, 5) is 0. The van der Waals surface area contributed by atoms with Crippen LogP contribution in [0, 0.1) is 0 Å². The fourth-order valence-electron chi connectivity index (χ4n) is 1.65. The minimum Gasteiger partial charge on any atom is -0.460 e. The second-order valence-electron chi connectivity index (χ2n) is 4.32. The Morgan fingerprint density at radius 2 is 1.83 bits per heavy atom. The zero-order chi connectivity index (χ0) is 12.1. The van der Waals surface area contributed by atoms with Crippen molar-refractivity contribution in [3.05, 3.63) is 48.2 Å². The van der Waals surface area contributed by atoms with Gasteiger partial charge in [-0.25, -0.2) is 0 Å². The second kappa shape index (κ2) is 7.24. The molecule has 1 aromatic carbocycles. The van der Waals surface area contributed by atoms with E-state index in [9.17, 15) is 0 Å². The summed E-state index contributed by atoms with van der Waals surface area (Å²) >= 11 is 0. The zero-order valence-corrected chi connectivity index (χ0v) is 11.7. The Morgan fingerprint density at radius 1 is 1.11 bits per heavy atom. The molecule has 0 aliphatic carbocycles. The average Bonchev–Trinajstić information content (AvgIpc) is 2.86. The molecule has 2 rings (SSSR count). The lowest BCUT2D eigenvalue weighted by Gasteiger charge is -2.08. The molecule has 0 fully saturated rings. The maximum Gasteiger partial charge on any atom is 0.134 e. The van der Waals surface area contributed by atoms with E-state index in [1.54, 1.807) is 0 Å².